The SMILES string of the molecule is Cc1cc(Cn2nc(C)c(NC(=O)c3cc(C(N)=O)nc4cc(F)c(Cl)cc34)c2C)on1. The van der Waals surface area contributed by atoms with E-state index >= 15 is 0 Å². The molecule has 0 spiro atoms. The molecule has 2 amide bonds. The van der Waals surface area contributed by atoms with Gasteiger partial charge in [-0.2, -0.15) is 5.10 Å². The summed E-state index contributed by atoms with van der Waals surface area (Å²) in [5, 5.41) is 11.2. The number of nitrogens with two attached hydrogens (primary N) is 1. The number of anilines is 1. The zero-order chi connectivity index (χ0) is 23.2. The molecule has 3 N–H and O–H groups in total. The molecule has 4 aromatic rings. The van der Waals surface area contributed by atoms with E-state index in [2.05, 4.69) is 20.6 Å². The van der Waals surface area contributed by atoms with Crippen molar-refractivity contribution >= 4 is 40.0 Å². The van der Waals surface area contributed by atoms with Crippen molar-refractivity contribution in [1.29, 1.82) is 0 Å². The number of nitrogens with one attached hydrogen (secondary N) is 1. The lowest BCUT2D eigenvalue weighted by Crippen LogP contribution is -2.18. The van der Waals surface area contributed by atoms with Crippen molar-refractivity contribution in [3.05, 3.63) is 69.2 Å². The van der Waals surface area contributed by atoms with Gasteiger partial charge in [-0.1, -0.05) is 16.8 Å². The molecule has 0 radical (unpaired) electrons. The van der Waals surface area contributed by atoms with E-state index in [1.54, 1.807) is 24.6 Å². The molecule has 0 aliphatic carbocycles. The van der Waals surface area contributed by atoms with Crippen LogP contribution in [0, 0.1) is 26.6 Å². The fourth-order valence-corrected chi connectivity index (χ4v) is 3.55. The summed E-state index contributed by atoms with van der Waals surface area (Å²) < 4.78 is 20.9. The lowest BCUT2D eigenvalue weighted by atomic mass is 10.1. The fourth-order valence-electron chi connectivity index (χ4n) is 3.39. The van der Waals surface area contributed by atoms with Crippen LogP contribution >= 0.6 is 11.6 Å². The Bertz CT molecular complexity index is 1390. The number of halogens is 2. The average Bonchev–Trinajstić information content (AvgIpc) is 3.25. The van der Waals surface area contributed by atoms with Gasteiger partial charge in [0.05, 0.1) is 38.9 Å². The number of aromatic nitrogens is 4. The maximum Gasteiger partial charge on any atom is 0.267 e. The number of amides is 2. The molecule has 32 heavy (non-hydrogen) atoms. The van der Waals surface area contributed by atoms with Gasteiger partial charge in [-0.25, -0.2) is 9.37 Å². The molecule has 0 saturated carbocycles. The van der Waals surface area contributed by atoms with Gasteiger partial charge in [-0.15, -0.1) is 0 Å². The molecular weight excluding hydrogens is 439 g/mol. The first-order valence-corrected chi connectivity index (χ1v) is 9.89. The van der Waals surface area contributed by atoms with E-state index < -0.39 is 17.6 Å². The Morgan fingerprint density at radius 3 is 2.62 bits per heavy atom. The molecule has 164 valence electrons. The first kappa shape index (κ1) is 21.4. The highest BCUT2D eigenvalue weighted by molar-refractivity contribution is 6.31. The summed E-state index contributed by atoms with van der Waals surface area (Å²) >= 11 is 5.91. The van der Waals surface area contributed by atoms with Crippen LogP contribution in [0.2, 0.25) is 5.02 Å². The van der Waals surface area contributed by atoms with Gasteiger partial charge in [-0.3, -0.25) is 14.3 Å². The van der Waals surface area contributed by atoms with Gasteiger partial charge in [0, 0.05) is 17.5 Å². The third-order valence-electron chi connectivity index (χ3n) is 4.95. The number of carbonyl (C=O) groups is 2. The van der Waals surface area contributed by atoms with E-state index in [-0.39, 0.29) is 27.2 Å². The van der Waals surface area contributed by atoms with Crippen LogP contribution in [0.5, 0.6) is 0 Å². The Morgan fingerprint density at radius 2 is 1.97 bits per heavy atom. The lowest BCUT2D eigenvalue weighted by Gasteiger charge is -2.11. The van der Waals surface area contributed by atoms with E-state index in [0.717, 1.165) is 11.8 Å². The summed E-state index contributed by atoms with van der Waals surface area (Å²) in [6.45, 7) is 5.70. The average molecular weight is 457 g/mol. The van der Waals surface area contributed by atoms with Crippen molar-refractivity contribution < 1.29 is 18.5 Å². The number of nitrogens with zero attached hydrogens (tertiary/aromatic N) is 4. The van der Waals surface area contributed by atoms with Crippen molar-refractivity contribution in [3.8, 4) is 0 Å². The third-order valence-corrected chi connectivity index (χ3v) is 5.24. The van der Waals surface area contributed by atoms with Crippen LogP contribution in [-0.2, 0) is 6.54 Å². The molecule has 9 nitrogen and oxygen atoms in total. The minimum atomic E-state index is -0.848. The van der Waals surface area contributed by atoms with E-state index in [1.807, 2.05) is 6.92 Å². The summed E-state index contributed by atoms with van der Waals surface area (Å²) in [6, 6.07) is 5.38. The Morgan fingerprint density at radius 1 is 1.22 bits per heavy atom. The van der Waals surface area contributed by atoms with Crippen molar-refractivity contribution in [3.63, 3.8) is 0 Å². The summed E-state index contributed by atoms with van der Waals surface area (Å²) in [5.41, 5.74) is 7.82. The number of benzene rings is 1. The molecule has 0 unspecified atom stereocenters. The van der Waals surface area contributed by atoms with Crippen molar-refractivity contribution in [1.82, 2.24) is 19.9 Å². The highest BCUT2D eigenvalue weighted by Crippen LogP contribution is 2.27. The topological polar surface area (TPSA) is 129 Å². The quantitative estimate of drug-likeness (QED) is 0.472. The van der Waals surface area contributed by atoms with Gasteiger partial charge in [-0.05, 0) is 32.9 Å². The highest BCUT2D eigenvalue weighted by atomic mass is 35.5. The number of fused-ring (bicyclic) bond motifs is 1. The van der Waals surface area contributed by atoms with Gasteiger partial charge in [0.15, 0.2) is 5.76 Å². The standard InChI is InChI=1S/C21H18ClFN6O3/c1-9-4-12(32-28-9)8-29-11(3)19(10(2)27-29)26-21(31)14-6-18(20(24)30)25-17-7-16(23)15(22)5-13(14)17/h4-7H,8H2,1-3H3,(H2,24,30)(H,26,31). The van der Waals surface area contributed by atoms with Crippen LogP contribution in [0.1, 0.15) is 43.7 Å². The Balaban J connectivity index is 1.73. The number of aryl methyl sites for hydroxylation is 2. The first-order valence-electron chi connectivity index (χ1n) is 9.51. The van der Waals surface area contributed by atoms with Gasteiger partial charge in [0.2, 0.25) is 0 Å². The number of pyridine rings is 1. The number of hydrogen-bond donors (Lipinski definition) is 2. The molecular formula is C21H18ClFN6O3. The molecule has 0 fully saturated rings. The summed E-state index contributed by atoms with van der Waals surface area (Å²) in [4.78, 5) is 28.9. The highest BCUT2D eigenvalue weighted by Gasteiger charge is 2.21. The molecule has 11 heteroatoms. The van der Waals surface area contributed by atoms with Crippen LogP contribution in [0.25, 0.3) is 10.9 Å². The molecule has 0 aliphatic rings. The fraction of sp³-hybridized carbons (Fsp3) is 0.190. The lowest BCUT2D eigenvalue weighted by molar-refractivity contribution is 0.0996. The van der Waals surface area contributed by atoms with E-state index in [9.17, 15) is 14.0 Å². The van der Waals surface area contributed by atoms with Crippen LogP contribution in [0.4, 0.5) is 10.1 Å². The molecule has 1 aromatic carbocycles. The van der Waals surface area contributed by atoms with Gasteiger partial charge in [0.1, 0.15) is 18.1 Å². The molecule has 0 atom stereocenters. The minimum Gasteiger partial charge on any atom is -0.364 e. The molecule has 0 saturated heterocycles. The van der Waals surface area contributed by atoms with Gasteiger partial charge >= 0.3 is 0 Å². The number of hydrogen-bond acceptors (Lipinski definition) is 6. The summed E-state index contributed by atoms with van der Waals surface area (Å²) in [5.74, 6) is -1.51. The second kappa shape index (κ2) is 8.04. The van der Waals surface area contributed by atoms with Crippen molar-refractivity contribution in [2.45, 2.75) is 27.3 Å². The van der Waals surface area contributed by atoms with Crippen LogP contribution < -0.4 is 11.1 Å². The molecule has 4 rings (SSSR count). The Kier molecular flexibility index (Phi) is 5.39. The zero-order valence-corrected chi connectivity index (χ0v) is 18.1. The number of carbonyl (C=O) groups excluding carboxylic acids is 2. The van der Waals surface area contributed by atoms with Gasteiger partial charge in [0.25, 0.3) is 11.8 Å². The maximum atomic E-state index is 13.9. The smallest absolute Gasteiger partial charge is 0.267 e. The molecule has 3 aromatic heterocycles. The second-order valence-electron chi connectivity index (χ2n) is 7.29. The van der Waals surface area contributed by atoms with E-state index in [0.29, 0.717) is 29.4 Å². The second-order valence-corrected chi connectivity index (χ2v) is 7.70. The number of primary amides is 1. The predicted molar refractivity (Wildman–Crippen MR) is 115 cm³/mol. The van der Waals surface area contributed by atoms with Gasteiger partial charge < -0.3 is 15.6 Å². The summed E-state index contributed by atoms with van der Waals surface area (Å²) in [6.07, 6.45) is 0. The van der Waals surface area contributed by atoms with Crippen LogP contribution in [0.3, 0.4) is 0 Å². The largest absolute Gasteiger partial charge is 0.364 e. The molecule has 3 heterocycles. The maximum absolute atomic E-state index is 13.9. The summed E-state index contributed by atoms with van der Waals surface area (Å²) in [7, 11) is 0. The predicted octanol–water partition coefficient (Wildman–Crippen LogP) is 3.54. The number of rotatable bonds is 5. The monoisotopic (exact) mass is 456 g/mol. The Labute approximate surface area is 186 Å². The third kappa shape index (κ3) is 3.92. The first-order chi connectivity index (χ1) is 15.1. The van der Waals surface area contributed by atoms with E-state index in [4.69, 9.17) is 21.9 Å². The molecule has 0 aliphatic heterocycles. The van der Waals surface area contributed by atoms with Crippen molar-refractivity contribution in [2.75, 3.05) is 5.32 Å². The van der Waals surface area contributed by atoms with Crippen LogP contribution in [-0.4, -0.2) is 31.7 Å². The van der Waals surface area contributed by atoms with Crippen molar-refractivity contribution in [2.24, 2.45) is 5.73 Å². The zero-order valence-electron chi connectivity index (χ0n) is 17.4. The Hall–Kier alpha value is -3.79. The van der Waals surface area contributed by atoms with E-state index in [1.165, 1.54) is 12.1 Å². The van der Waals surface area contributed by atoms with Crippen LogP contribution in [0.15, 0.2) is 28.8 Å². The normalized spacial score (nSPS) is 11.2. The molecule has 0 bridgehead atoms. The minimum absolute atomic E-state index is 0.0723.